The Hall–Kier alpha value is 0.797. The first kappa shape index (κ1) is 15.8. The van der Waals surface area contributed by atoms with Crippen molar-refractivity contribution in [1.29, 1.82) is 0 Å². The van der Waals surface area contributed by atoms with Gasteiger partial charge in [0.25, 0.3) is 0 Å². The van der Waals surface area contributed by atoms with Crippen molar-refractivity contribution in [3.8, 4) is 0 Å². The molecule has 0 spiro atoms. The lowest BCUT2D eigenvalue weighted by Gasteiger charge is -2.08. The molecule has 0 nitrogen and oxygen atoms in total. The molecule has 15 heavy (non-hydrogen) atoms. The van der Waals surface area contributed by atoms with Crippen molar-refractivity contribution in [3.63, 3.8) is 0 Å². The van der Waals surface area contributed by atoms with Gasteiger partial charge in [-0.05, 0) is 12.6 Å². The third-order valence-electron chi connectivity index (χ3n) is 2.72. The fraction of sp³-hybridized carbons (Fsp3) is 1.00. The maximum atomic E-state index is 6.03. The van der Waals surface area contributed by atoms with Crippen LogP contribution in [0, 0.1) is 0 Å². The van der Waals surface area contributed by atoms with Crippen molar-refractivity contribution in [2.45, 2.75) is 77.3 Å². The van der Waals surface area contributed by atoms with Crippen LogP contribution in [0.2, 0.25) is 12.6 Å². The van der Waals surface area contributed by atoms with Gasteiger partial charge in [0.15, 0.2) is 0 Å². The van der Waals surface area contributed by atoms with Crippen LogP contribution >= 0.6 is 22.2 Å². The van der Waals surface area contributed by atoms with Gasteiger partial charge >= 0.3 is 0 Å². The molecule has 0 aromatic heterocycles. The van der Waals surface area contributed by atoms with Gasteiger partial charge in [-0.2, -0.15) is 0 Å². The summed E-state index contributed by atoms with van der Waals surface area (Å²) in [5.74, 6) is 0. The Morgan fingerprint density at radius 3 is 1.53 bits per heavy atom. The second kappa shape index (κ2) is 9.98. The summed E-state index contributed by atoms with van der Waals surface area (Å²) in [5.41, 5.74) is 0. The van der Waals surface area contributed by atoms with Crippen molar-refractivity contribution < 1.29 is 0 Å². The molecule has 0 aliphatic rings. The van der Waals surface area contributed by atoms with Crippen molar-refractivity contribution >= 4 is 28.9 Å². The average molecular weight is 269 g/mol. The molecular formula is C12H26Cl2Si. The van der Waals surface area contributed by atoms with Gasteiger partial charge in [-0.3, -0.25) is 0 Å². The van der Waals surface area contributed by atoms with E-state index in [2.05, 4.69) is 6.92 Å². The van der Waals surface area contributed by atoms with Crippen LogP contribution in [0.5, 0.6) is 0 Å². The minimum absolute atomic E-state index is 1.06. The molecule has 0 rings (SSSR count). The summed E-state index contributed by atoms with van der Waals surface area (Å²) in [7, 11) is 0. The zero-order valence-corrected chi connectivity index (χ0v) is 12.8. The van der Waals surface area contributed by atoms with E-state index in [1.54, 1.807) is 0 Å². The Kier molecular flexibility index (Phi) is 10.5. The van der Waals surface area contributed by atoms with E-state index in [9.17, 15) is 0 Å². The second-order valence-electron chi connectivity index (χ2n) is 4.65. The van der Waals surface area contributed by atoms with E-state index in [0.717, 1.165) is 6.04 Å². The average Bonchev–Trinajstić information content (AvgIpc) is 2.14. The van der Waals surface area contributed by atoms with Crippen molar-refractivity contribution in [2.75, 3.05) is 0 Å². The van der Waals surface area contributed by atoms with E-state index in [1.165, 1.54) is 57.8 Å². The molecule has 0 aromatic rings. The molecule has 0 saturated heterocycles. The fourth-order valence-electron chi connectivity index (χ4n) is 1.75. The van der Waals surface area contributed by atoms with Crippen molar-refractivity contribution in [1.82, 2.24) is 0 Å². The van der Waals surface area contributed by atoms with E-state index < -0.39 is 6.69 Å². The van der Waals surface area contributed by atoms with Gasteiger partial charge in [0, 0.05) is 0 Å². The molecule has 0 unspecified atom stereocenters. The monoisotopic (exact) mass is 268 g/mol. The Labute approximate surface area is 106 Å². The van der Waals surface area contributed by atoms with Crippen LogP contribution in [-0.2, 0) is 0 Å². The fourth-order valence-corrected chi connectivity index (χ4v) is 3.42. The van der Waals surface area contributed by atoms with E-state index in [4.69, 9.17) is 22.2 Å². The maximum Gasteiger partial charge on any atom is 0.248 e. The van der Waals surface area contributed by atoms with Crippen LogP contribution in [-0.4, -0.2) is 6.69 Å². The summed E-state index contributed by atoms with van der Waals surface area (Å²) >= 11 is 12.1. The molecule has 0 bridgehead atoms. The van der Waals surface area contributed by atoms with Crippen LogP contribution < -0.4 is 0 Å². The molecule has 0 N–H and O–H groups in total. The molecule has 92 valence electrons. The van der Waals surface area contributed by atoms with Crippen molar-refractivity contribution in [2.24, 2.45) is 0 Å². The number of rotatable bonds is 10. The summed E-state index contributed by atoms with van der Waals surface area (Å²) in [6, 6.07) is 1.06. The highest BCUT2D eigenvalue weighted by Gasteiger charge is 2.19. The first-order valence-corrected chi connectivity index (χ1v) is 11.2. The third kappa shape index (κ3) is 14.8. The predicted molar refractivity (Wildman–Crippen MR) is 75.4 cm³/mol. The normalized spacial score (nSPS) is 12.0. The highest BCUT2D eigenvalue weighted by Crippen LogP contribution is 2.23. The third-order valence-corrected chi connectivity index (χ3v) is 5.08. The number of unbranched alkanes of at least 4 members (excludes halogenated alkanes) is 8. The molecule has 0 aliphatic carbocycles. The molecule has 0 radical (unpaired) electrons. The van der Waals surface area contributed by atoms with Crippen LogP contribution in [0.1, 0.15) is 64.7 Å². The van der Waals surface area contributed by atoms with Gasteiger partial charge in [-0.15, -0.1) is 22.2 Å². The Morgan fingerprint density at radius 2 is 1.13 bits per heavy atom. The lowest BCUT2D eigenvalue weighted by molar-refractivity contribution is 0.572. The van der Waals surface area contributed by atoms with Gasteiger partial charge < -0.3 is 0 Å². The maximum absolute atomic E-state index is 6.03. The van der Waals surface area contributed by atoms with Crippen molar-refractivity contribution in [3.05, 3.63) is 0 Å². The zero-order chi connectivity index (χ0) is 11.6. The molecule has 3 heteroatoms. The number of halogens is 2. The predicted octanol–water partition coefficient (Wildman–Crippen LogP) is 6.07. The molecule has 0 aliphatic heterocycles. The molecule has 0 aromatic carbocycles. The summed E-state index contributed by atoms with van der Waals surface area (Å²) < 4.78 is 0. The molecule has 0 heterocycles. The smallest absolute Gasteiger partial charge is 0.146 e. The highest BCUT2D eigenvalue weighted by molar-refractivity contribution is 7.44. The van der Waals surface area contributed by atoms with Gasteiger partial charge in [-0.1, -0.05) is 64.7 Å². The van der Waals surface area contributed by atoms with E-state index in [0.29, 0.717) is 0 Å². The van der Waals surface area contributed by atoms with E-state index in [-0.39, 0.29) is 0 Å². The molecular weight excluding hydrogens is 243 g/mol. The first-order chi connectivity index (χ1) is 7.06. The van der Waals surface area contributed by atoms with Gasteiger partial charge in [0.1, 0.15) is 0 Å². The Bertz CT molecular complexity index is 132. The van der Waals surface area contributed by atoms with Gasteiger partial charge in [0.05, 0.1) is 0 Å². The zero-order valence-electron chi connectivity index (χ0n) is 10.3. The van der Waals surface area contributed by atoms with Gasteiger partial charge in [-0.25, -0.2) is 0 Å². The second-order valence-corrected chi connectivity index (χ2v) is 12.9. The Balaban J connectivity index is 2.99. The largest absolute Gasteiger partial charge is 0.248 e. The standard InChI is InChI=1S/C12H26Cl2Si/c1-3-4-5-6-7-8-9-10-11-12-15(2,13)14/h3-12H2,1-2H3. The minimum atomic E-state index is -1.80. The SMILES string of the molecule is CCCCCCCCCCC[Si](C)(Cl)Cl. The van der Waals surface area contributed by atoms with E-state index >= 15 is 0 Å². The molecule has 0 fully saturated rings. The minimum Gasteiger partial charge on any atom is -0.146 e. The molecule has 0 saturated carbocycles. The first-order valence-electron chi connectivity index (χ1n) is 6.44. The van der Waals surface area contributed by atoms with Crippen LogP contribution in [0.25, 0.3) is 0 Å². The molecule has 0 atom stereocenters. The summed E-state index contributed by atoms with van der Waals surface area (Å²) in [6.45, 7) is 2.48. The number of hydrogen-bond acceptors (Lipinski definition) is 0. The van der Waals surface area contributed by atoms with Crippen LogP contribution in [0.3, 0.4) is 0 Å². The highest BCUT2D eigenvalue weighted by atomic mass is 35.7. The lowest BCUT2D eigenvalue weighted by Crippen LogP contribution is -2.11. The van der Waals surface area contributed by atoms with Crippen LogP contribution in [0.15, 0.2) is 0 Å². The summed E-state index contributed by atoms with van der Waals surface area (Å²) in [6.07, 6.45) is 12.3. The lowest BCUT2D eigenvalue weighted by atomic mass is 10.1. The van der Waals surface area contributed by atoms with E-state index in [1.807, 2.05) is 6.55 Å². The van der Waals surface area contributed by atoms with Gasteiger partial charge in [0.2, 0.25) is 6.69 Å². The summed E-state index contributed by atoms with van der Waals surface area (Å²) in [4.78, 5) is 0. The Morgan fingerprint density at radius 1 is 0.733 bits per heavy atom. The summed E-state index contributed by atoms with van der Waals surface area (Å²) in [5, 5.41) is 0. The molecule has 0 amide bonds. The quantitative estimate of drug-likeness (QED) is 0.256. The number of hydrogen-bond donors (Lipinski definition) is 0. The topological polar surface area (TPSA) is 0 Å². The van der Waals surface area contributed by atoms with Crippen LogP contribution in [0.4, 0.5) is 0 Å².